The van der Waals surface area contributed by atoms with Crippen molar-refractivity contribution in [1.82, 2.24) is 4.90 Å². The third-order valence-electron chi connectivity index (χ3n) is 3.61. The number of nitrogens with two attached hydrogens (primary N) is 1. The highest BCUT2D eigenvalue weighted by atomic mass is 32.1. The maximum atomic E-state index is 5.85. The van der Waals surface area contributed by atoms with Gasteiger partial charge in [-0.1, -0.05) is 39.0 Å². The van der Waals surface area contributed by atoms with Crippen LogP contribution in [0.5, 0.6) is 0 Å². The number of hydrogen-bond donors (Lipinski definition) is 1. The Morgan fingerprint density at radius 1 is 1.26 bits per heavy atom. The molecule has 0 fully saturated rings. The standard InChI is InChI=1S/C16H24N2S/c1-4-18(12-16(2,3)11-17)9-13-10-19-15-8-6-5-7-14(13)15/h5-8,10H,4,9,11-12,17H2,1-3H3. The highest BCUT2D eigenvalue weighted by Crippen LogP contribution is 2.27. The van der Waals surface area contributed by atoms with Crippen LogP contribution in [0, 0.1) is 5.41 Å². The lowest BCUT2D eigenvalue weighted by atomic mass is 9.93. The van der Waals surface area contributed by atoms with Gasteiger partial charge in [-0.2, -0.15) is 0 Å². The fourth-order valence-corrected chi connectivity index (χ4v) is 3.30. The molecule has 3 heteroatoms. The first kappa shape index (κ1) is 14.5. The molecule has 0 bridgehead atoms. The molecule has 2 nitrogen and oxygen atoms in total. The monoisotopic (exact) mass is 276 g/mol. The summed E-state index contributed by atoms with van der Waals surface area (Å²) in [6.07, 6.45) is 0. The third-order valence-corrected chi connectivity index (χ3v) is 4.62. The van der Waals surface area contributed by atoms with Crippen molar-refractivity contribution in [3.63, 3.8) is 0 Å². The molecule has 2 rings (SSSR count). The van der Waals surface area contributed by atoms with E-state index in [9.17, 15) is 0 Å². The van der Waals surface area contributed by atoms with E-state index in [1.807, 2.05) is 11.3 Å². The van der Waals surface area contributed by atoms with E-state index < -0.39 is 0 Å². The van der Waals surface area contributed by atoms with Crippen molar-refractivity contribution in [2.75, 3.05) is 19.6 Å². The molecule has 0 aliphatic carbocycles. The minimum absolute atomic E-state index is 0.182. The molecule has 0 atom stereocenters. The minimum atomic E-state index is 0.182. The predicted octanol–water partition coefficient (Wildman–Crippen LogP) is 3.71. The summed E-state index contributed by atoms with van der Waals surface area (Å²) in [5.74, 6) is 0. The van der Waals surface area contributed by atoms with Gasteiger partial charge in [0.05, 0.1) is 0 Å². The smallest absolute Gasteiger partial charge is 0.0346 e. The fraction of sp³-hybridized carbons (Fsp3) is 0.500. The zero-order valence-electron chi connectivity index (χ0n) is 12.1. The van der Waals surface area contributed by atoms with E-state index in [2.05, 4.69) is 55.3 Å². The van der Waals surface area contributed by atoms with E-state index in [0.717, 1.165) is 26.2 Å². The number of thiophene rings is 1. The first-order valence-electron chi connectivity index (χ1n) is 6.93. The lowest BCUT2D eigenvalue weighted by molar-refractivity contribution is 0.184. The molecule has 0 amide bonds. The van der Waals surface area contributed by atoms with E-state index in [4.69, 9.17) is 5.73 Å². The van der Waals surface area contributed by atoms with Gasteiger partial charge < -0.3 is 5.73 Å². The second-order valence-electron chi connectivity index (χ2n) is 5.93. The maximum Gasteiger partial charge on any atom is 0.0346 e. The summed E-state index contributed by atoms with van der Waals surface area (Å²) in [5.41, 5.74) is 7.47. The van der Waals surface area contributed by atoms with Crippen LogP contribution in [0.3, 0.4) is 0 Å². The summed E-state index contributed by atoms with van der Waals surface area (Å²) < 4.78 is 1.38. The van der Waals surface area contributed by atoms with Gasteiger partial charge in [-0.15, -0.1) is 11.3 Å². The Labute approximate surface area is 120 Å². The van der Waals surface area contributed by atoms with E-state index in [-0.39, 0.29) is 5.41 Å². The Balaban J connectivity index is 2.14. The summed E-state index contributed by atoms with van der Waals surface area (Å²) >= 11 is 1.84. The minimum Gasteiger partial charge on any atom is -0.330 e. The average molecular weight is 276 g/mol. The summed E-state index contributed by atoms with van der Waals surface area (Å²) in [5, 5.41) is 3.69. The lowest BCUT2D eigenvalue weighted by Crippen LogP contribution is -2.38. The summed E-state index contributed by atoms with van der Waals surface area (Å²) in [7, 11) is 0. The molecule has 0 aliphatic heterocycles. The normalized spacial score (nSPS) is 12.5. The average Bonchev–Trinajstić information content (AvgIpc) is 2.81. The number of fused-ring (bicyclic) bond motifs is 1. The van der Waals surface area contributed by atoms with Crippen LogP contribution < -0.4 is 5.73 Å². The molecule has 2 N–H and O–H groups in total. The van der Waals surface area contributed by atoms with Crippen molar-refractivity contribution in [3.05, 3.63) is 35.2 Å². The van der Waals surface area contributed by atoms with Crippen molar-refractivity contribution < 1.29 is 0 Å². The zero-order chi connectivity index (χ0) is 13.9. The number of nitrogens with zero attached hydrogens (tertiary/aromatic N) is 1. The molecule has 1 aromatic heterocycles. The van der Waals surface area contributed by atoms with Gasteiger partial charge in [-0.25, -0.2) is 0 Å². The van der Waals surface area contributed by atoms with Crippen molar-refractivity contribution in [1.29, 1.82) is 0 Å². The Kier molecular flexibility index (Phi) is 4.61. The van der Waals surface area contributed by atoms with Gasteiger partial charge in [-0.3, -0.25) is 4.90 Å². The van der Waals surface area contributed by atoms with Crippen LogP contribution in [0.2, 0.25) is 0 Å². The van der Waals surface area contributed by atoms with Crippen molar-refractivity contribution in [2.45, 2.75) is 27.3 Å². The summed E-state index contributed by atoms with van der Waals surface area (Å²) in [6.45, 7) is 10.6. The van der Waals surface area contributed by atoms with Gasteiger partial charge in [0, 0.05) is 17.8 Å². The van der Waals surface area contributed by atoms with Crippen LogP contribution in [0.1, 0.15) is 26.3 Å². The highest BCUT2D eigenvalue weighted by Gasteiger charge is 2.20. The van der Waals surface area contributed by atoms with Gasteiger partial charge in [0.2, 0.25) is 0 Å². The Hall–Kier alpha value is -0.900. The fourth-order valence-electron chi connectivity index (χ4n) is 2.35. The van der Waals surface area contributed by atoms with Crippen molar-refractivity contribution in [2.24, 2.45) is 11.1 Å². The summed E-state index contributed by atoms with van der Waals surface area (Å²) in [4.78, 5) is 2.49. The number of rotatable bonds is 6. The lowest BCUT2D eigenvalue weighted by Gasteiger charge is -2.31. The Bertz CT molecular complexity index is 530. The highest BCUT2D eigenvalue weighted by molar-refractivity contribution is 7.17. The van der Waals surface area contributed by atoms with Gasteiger partial charge in [0.15, 0.2) is 0 Å². The molecular formula is C16H24N2S. The van der Waals surface area contributed by atoms with Gasteiger partial charge in [0.25, 0.3) is 0 Å². The van der Waals surface area contributed by atoms with Crippen molar-refractivity contribution in [3.8, 4) is 0 Å². The predicted molar refractivity (Wildman–Crippen MR) is 85.6 cm³/mol. The van der Waals surface area contributed by atoms with Crippen LogP contribution in [0.25, 0.3) is 10.1 Å². The molecule has 0 radical (unpaired) electrons. The molecule has 1 aromatic carbocycles. The van der Waals surface area contributed by atoms with Crippen LogP contribution in [0.4, 0.5) is 0 Å². The molecule has 1 heterocycles. The molecule has 0 aliphatic rings. The van der Waals surface area contributed by atoms with Crippen LogP contribution >= 0.6 is 11.3 Å². The number of hydrogen-bond acceptors (Lipinski definition) is 3. The van der Waals surface area contributed by atoms with E-state index in [1.165, 1.54) is 15.6 Å². The topological polar surface area (TPSA) is 29.3 Å². The van der Waals surface area contributed by atoms with Crippen LogP contribution in [-0.2, 0) is 6.54 Å². The molecule has 2 aromatic rings. The maximum absolute atomic E-state index is 5.85. The molecule has 0 saturated carbocycles. The molecule has 0 saturated heterocycles. The van der Waals surface area contributed by atoms with Crippen molar-refractivity contribution >= 4 is 21.4 Å². The molecular weight excluding hydrogens is 252 g/mol. The van der Waals surface area contributed by atoms with E-state index >= 15 is 0 Å². The second-order valence-corrected chi connectivity index (χ2v) is 6.84. The number of benzene rings is 1. The molecule has 0 unspecified atom stereocenters. The van der Waals surface area contributed by atoms with Gasteiger partial charge in [-0.05, 0) is 40.9 Å². The quantitative estimate of drug-likeness (QED) is 0.871. The first-order chi connectivity index (χ1) is 9.05. The first-order valence-corrected chi connectivity index (χ1v) is 7.81. The van der Waals surface area contributed by atoms with E-state index in [1.54, 1.807) is 0 Å². The van der Waals surface area contributed by atoms with Crippen LogP contribution in [0.15, 0.2) is 29.6 Å². The summed E-state index contributed by atoms with van der Waals surface area (Å²) in [6, 6.07) is 8.66. The largest absolute Gasteiger partial charge is 0.330 e. The third kappa shape index (κ3) is 3.56. The van der Waals surface area contributed by atoms with Crippen LogP contribution in [-0.4, -0.2) is 24.5 Å². The van der Waals surface area contributed by atoms with E-state index in [0.29, 0.717) is 0 Å². The Morgan fingerprint density at radius 3 is 2.68 bits per heavy atom. The molecule has 19 heavy (non-hydrogen) atoms. The second kappa shape index (κ2) is 6.04. The molecule has 0 spiro atoms. The van der Waals surface area contributed by atoms with Gasteiger partial charge >= 0.3 is 0 Å². The Morgan fingerprint density at radius 2 is 2.00 bits per heavy atom. The SMILES string of the molecule is CCN(Cc1csc2ccccc12)CC(C)(C)CN. The molecule has 104 valence electrons. The zero-order valence-corrected chi connectivity index (χ0v) is 13.0. The van der Waals surface area contributed by atoms with Gasteiger partial charge in [0.1, 0.15) is 0 Å².